The number of hydrogen-bond acceptors (Lipinski definition) is 9. The summed E-state index contributed by atoms with van der Waals surface area (Å²) in [6.07, 6.45) is -4.05. The number of nitrogens with two attached hydrogens (primary N) is 1. The fourth-order valence-corrected chi connectivity index (χ4v) is 7.33. The minimum absolute atomic E-state index is 0.0773. The molecule has 230 valence electrons. The van der Waals surface area contributed by atoms with Gasteiger partial charge in [0.05, 0.1) is 28.8 Å². The van der Waals surface area contributed by atoms with Crippen LogP contribution >= 0.6 is 11.6 Å². The summed E-state index contributed by atoms with van der Waals surface area (Å²) in [6.45, 7) is 1.76. The van der Waals surface area contributed by atoms with Crippen molar-refractivity contribution in [3.8, 4) is 23.1 Å². The number of nitrogens with zero attached hydrogens (tertiary/aromatic N) is 5. The van der Waals surface area contributed by atoms with Crippen molar-refractivity contribution in [2.75, 3.05) is 50.6 Å². The van der Waals surface area contributed by atoms with Gasteiger partial charge in [0.15, 0.2) is 5.82 Å². The van der Waals surface area contributed by atoms with Crippen LogP contribution in [0.1, 0.15) is 31.2 Å². The van der Waals surface area contributed by atoms with E-state index in [1.54, 1.807) is 7.05 Å². The lowest BCUT2D eigenvalue weighted by molar-refractivity contribution is -0.137. The zero-order chi connectivity index (χ0) is 30.3. The summed E-state index contributed by atoms with van der Waals surface area (Å²) in [5.74, 6) is -1.05. The van der Waals surface area contributed by atoms with Crippen LogP contribution in [0.5, 0.6) is 11.9 Å². The standard InChI is InChI=1S/C28H28ClF5N6O3/c1-39-17-3-6-41-11-18(17)43-25-19-23(21(31)22(36-25)15-7-14(35)8-16(29)20(15)28(32,33)34)37-26(38-24(19)39)42-12-27-4-2-5-40(27)10-13(30)9-27/h7-8,13,17-18H,2-6,9-12,35H2,1H3/t13-,17+,18+,27+/m1/s1. The number of likely N-dealkylation sites (N-methyl/N-ethyl adjacent to an activating group) is 1. The van der Waals surface area contributed by atoms with Crippen LogP contribution in [-0.2, 0) is 10.9 Å². The highest BCUT2D eigenvalue weighted by Gasteiger charge is 2.49. The number of nitrogen functional groups attached to an aromatic ring is 1. The number of hydrogen-bond donors (Lipinski definition) is 1. The van der Waals surface area contributed by atoms with Crippen LogP contribution in [0.15, 0.2) is 12.1 Å². The van der Waals surface area contributed by atoms with Crippen LogP contribution in [-0.4, -0.2) is 83.7 Å². The molecule has 0 amide bonds. The van der Waals surface area contributed by atoms with Gasteiger partial charge in [0.2, 0.25) is 5.88 Å². The molecule has 0 radical (unpaired) electrons. The highest BCUT2D eigenvalue weighted by atomic mass is 35.5. The lowest BCUT2D eigenvalue weighted by Gasteiger charge is -2.36. The Morgan fingerprint density at radius 1 is 1.23 bits per heavy atom. The van der Waals surface area contributed by atoms with Crippen molar-refractivity contribution in [1.29, 1.82) is 0 Å². The van der Waals surface area contributed by atoms with Gasteiger partial charge in [0, 0.05) is 37.9 Å². The fraction of sp³-hybridized carbons (Fsp3) is 0.536. The van der Waals surface area contributed by atoms with Gasteiger partial charge >= 0.3 is 12.2 Å². The molecule has 0 aliphatic carbocycles. The Morgan fingerprint density at radius 2 is 2.05 bits per heavy atom. The molecule has 43 heavy (non-hydrogen) atoms. The summed E-state index contributed by atoms with van der Waals surface area (Å²) >= 11 is 5.99. The topological polar surface area (TPSA) is 98.9 Å². The molecule has 0 spiro atoms. The zero-order valence-electron chi connectivity index (χ0n) is 23.1. The number of alkyl halides is 4. The van der Waals surface area contributed by atoms with Crippen LogP contribution in [0.25, 0.3) is 22.2 Å². The predicted molar refractivity (Wildman–Crippen MR) is 148 cm³/mol. The maximum Gasteiger partial charge on any atom is 0.418 e. The number of halogens is 6. The maximum absolute atomic E-state index is 16.5. The number of rotatable bonds is 4. The monoisotopic (exact) mass is 626 g/mol. The van der Waals surface area contributed by atoms with E-state index in [1.807, 2.05) is 4.90 Å². The first-order valence-corrected chi connectivity index (χ1v) is 14.4. The van der Waals surface area contributed by atoms with Crippen molar-refractivity contribution in [3.05, 3.63) is 28.5 Å². The molecule has 0 bridgehead atoms. The molecule has 4 aliphatic heterocycles. The van der Waals surface area contributed by atoms with E-state index in [-0.39, 0.29) is 53.6 Å². The van der Waals surface area contributed by atoms with Gasteiger partial charge < -0.3 is 24.8 Å². The van der Waals surface area contributed by atoms with E-state index >= 15 is 4.39 Å². The molecule has 3 aromatic rings. The third-order valence-corrected chi connectivity index (χ3v) is 9.26. The van der Waals surface area contributed by atoms with Crippen LogP contribution in [0, 0.1) is 5.82 Å². The van der Waals surface area contributed by atoms with Gasteiger partial charge in [0.25, 0.3) is 0 Å². The van der Waals surface area contributed by atoms with Crippen molar-refractivity contribution < 1.29 is 36.2 Å². The summed E-state index contributed by atoms with van der Waals surface area (Å²) in [5.41, 5.74) is 2.23. The minimum Gasteiger partial charge on any atom is -0.469 e. The summed E-state index contributed by atoms with van der Waals surface area (Å²) in [6, 6.07) is 1.46. The van der Waals surface area contributed by atoms with E-state index in [2.05, 4.69) is 19.9 Å². The lowest BCUT2D eigenvalue weighted by atomic mass is 9.95. The molecule has 7 rings (SSSR count). The average Bonchev–Trinajstić information content (AvgIpc) is 3.43. The molecule has 2 aromatic heterocycles. The number of anilines is 2. The molecular weight excluding hydrogens is 599 g/mol. The third-order valence-electron chi connectivity index (χ3n) is 8.96. The maximum atomic E-state index is 16.5. The van der Waals surface area contributed by atoms with Crippen LogP contribution in [0.3, 0.4) is 0 Å². The molecule has 0 unspecified atom stereocenters. The number of pyridine rings is 1. The third kappa shape index (κ3) is 4.69. The molecule has 15 heteroatoms. The molecule has 3 fully saturated rings. The Hall–Kier alpha value is -3.23. The van der Waals surface area contributed by atoms with Crippen molar-refractivity contribution >= 4 is 34.0 Å². The number of ether oxygens (including phenoxy) is 3. The van der Waals surface area contributed by atoms with Gasteiger partial charge in [-0.1, -0.05) is 11.6 Å². The Kier molecular flexibility index (Phi) is 6.74. The number of aromatic nitrogens is 3. The molecule has 4 aliphatic rings. The van der Waals surface area contributed by atoms with E-state index < -0.39 is 51.7 Å². The Morgan fingerprint density at radius 3 is 2.84 bits per heavy atom. The molecule has 0 saturated carbocycles. The van der Waals surface area contributed by atoms with E-state index in [0.717, 1.165) is 31.5 Å². The number of benzene rings is 1. The van der Waals surface area contributed by atoms with E-state index in [4.69, 9.17) is 31.5 Å². The Balaban J connectivity index is 1.41. The van der Waals surface area contributed by atoms with Gasteiger partial charge in [-0.05, 0) is 37.9 Å². The smallest absolute Gasteiger partial charge is 0.418 e. The normalized spacial score (nSPS) is 27.1. The summed E-state index contributed by atoms with van der Waals surface area (Å²) in [5, 5.41) is -0.619. The largest absolute Gasteiger partial charge is 0.469 e. The second-order valence-electron chi connectivity index (χ2n) is 11.6. The first kappa shape index (κ1) is 28.5. The van der Waals surface area contributed by atoms with Gasteiger partial charge in [-0.25, -0.2) is 13.8 Å². The zero-order valence-corrected chi connectivity index (χ0v) is 23.8. The average molecular weight is 627 g/mol. The SMILES string of the molecule is CN1c2nc(OC[C@@]34CCCN3C[C@H](F)C4)nc3c(F)c(-c4cc(N)cc(Cl)c4C(F)(F)F)nc(c23)O[C@H]2COCC[C@@H]21. The van der Waals surface area contributed by atoms with Crippen LogP contribution < -0.4 is 20.1 Å². The second kappa shape index (κ2) is 10.2. The molecule has 6 heterocycles. The van der Waals surface area contributed by atoms with Crippen molar-refractivity contribution in [2.24, 2.45) is 0 Å². The van der Waals surface area contributed by atoms with Crippen molar-refractivity contribution in [2.45, 2.75) is 55.7 Å². The quantitative estimate of drug-likeness (QED) is 0.316. The number of fused-ring (bicyclic) bond motifs is 2. The van der Waals surface area contributed by atoms with Crippen LogP contribution in [0.2, 0.25) is 5.02 Å². The van der Waals surface area contributed by atoms with E-state index in [1.165, 1.54) is 0 Å². The highest BCUT2D eigenvalue weighted by molar-refractivity contribution is 6.32. The molecule has 4 atom stereocenters. The van der Waals surface area contributed by atoms with Crippen LogP contribution in [0.4, 0.5) is 33.5 Å². The molecule has 3 saturated heterocycles. The summed E-state index contributed by atoms with van der Waals surface area (Å²) < 4.78 is 91.4. The van der Waals surface area contributed by atoms with Gasteiger partial charge in [-0.15, -0.1) is 0 Å². The first-order valence-electron chi connectivity index (χ1n) is 14.0. The molecular formula is C28H28ClF5N6O3. The summed E-state index contributed by atoms with van der Waals surface area (Å²) in [7, 11) is 1.76. The molecule has 2 N–H and O–H groups in total. The highest BCUT2D eigenvalue weighted by Crippen LogP contribution is 2.47. The Bertz CT molecular complexity index is 1610. The second-order valence-corrected chi connectivity index (χ2v) is 12.0. The van der Waals surface area contributed by atoms with Crippen molar-refractivity contribution in [1.82, 2.24) is 19.9 Å². The van der Waals surface area contributed by atoms with Gasteiger partial charge in [0.1, 0.15) is 41.3 Å². The van der Waals surface area contributed by atoms with Gasteiger partial charge in [-0.2, -0.15) is 23.1 Å². The van der Waals surface area contributed by atoms with E-state index in [0.29, 0.717) is 26.0 Å². The van der Waals surface area contributed by atoms with Gasteiger partial charge in [-0.3, -0.25) is 4.90 Å². The fourth-order valence-electron chi connectivity index (χ4n) is 6.99. The first-order chi connectivity index (χ1) is 20.4. The minimum atomic E-state index is -4.95. The lowest BCUT2D eigenvalue weighted by Crippen LogP contribution is -2.49. The Labute approximate surface area is 248 Å². The van der Waals surface area contributed by atoms with Crippen molar-refractivity contribution in [3.63, 3.8) is 0 Å². The predicted octanol–water partition coefficient (Wildman–Crippen LogP) is 5.03. The summed E-state index contributed by atoms with van der Waals surface area (Å²) in [4.78, 5) is 17.1. The molecule has 9 nitrogen and oxygen atoms in total. The van der Waals surface area contributed by atoms with E-state index in [9.17, 15) is 17.6 Å². The molecule has 1 aromatic carbocycles.